The summed E-state index contributed by atoms with van der Waals surface area (Å²) in [6.07, 6.45) is 5.83. The second-order valence-corrected chi connectivity index (χ2v) is 7.87. The van der Waals surface area contributed by atoms with Gasteiger partial charge >= 0.3 is 7.60 Å². The van der Waals surface area contributed by atoms with Gasteiger partial charge in [0.2, 0.25) is 5.50 Å². The zero-order valence-corrected chi connectivity index (χ0v) is 13.1. The summed E-state index contributed by atoms with van der Waals surface area (Å²) in [5.41, 5.74) is 6.12. The standard InChI is InChI=1S/C13H17N2O4PS/c14-13-15-11(9-6-7-10(19-9)20(16,17)18)12(21-13)8-4-2-1-3-5-8/h6-8H,1-5H2,(H2,14,15)(H2,16,17,18). The monoisotopic (exact) mass is 328 g/mol. The normalized spacial score (nSPS) is 17.2. The van der Waals surface area contributed by atoms with Crippen LogP contribution < -0.4 is 11.2 Å². The van der Waals surface area contributed by atoms with Crippen molar-refractivity contribution in [3.8, 4) is 11.5 Å². The van der Waals surface area contributed by atoms with Gasteiger partial charge < -0.3 is 19.9 Å². The zero-order valence-electron chi connectivity index (χ0n) is 11.4. The molecule has 0 amide bonds. The van der Waals surface area contributed by atoms with Crippen LogP contribution in [0, 0.1) is 0 Å². The number of furan rings is 1. The summed E-state index contributed by atoms with van der Waals surface area (Å²) in [4.78, 5) is 23.7. The number of nitrogens with two attached hydrogens (primary N) is 1. The molecule has 0 unspecified atom stereocenters. The highest BCUT2D eigenvalue weighted by molar-refractivity contribution is 7.59. The molecule has 114 valence electrons. The van der Waals surface area contributed by atoms with Crippen molar-refractivity contribution in [2.75, 3.05) is 5.73 Å². The molecule has 6 nitrogen and oxygen atoms in total. The molecule has 0 atom stereocenters. The van der Waals surface area contributed by atoms with Crippen molar-refractivity contribution in [2.24, 2.45) is 0 Å². The second-order valence-electron chi connectivity index (χ2n) is 5.28. The van der Waals surface area contributed by atoms with E-state index in [2.05, 4.69) is 4.98 Å². The van der Waals surface area contributed by atoms with E-state index in [0.29, 0.717) is 22.5 Å². The van der Waals surface area contributed by atoms with Gasteiger partial charge in [0.15, 0.2) is 10.9 Å². The quantitative estimate of drug-likeness (QED) is 0.747. The third-order valence-corrected chi connectivity index (χ3v) is 5.62. The maximum absolute atomic E-state index is 11.2. The molecule has 1 fully saturated rings. The van der Waals surface area contributed by atoms with E-state index in [1.54, 1.807) is 6.07 Å². The van der Waals surface area contributed by atoms with E-state index in [9.17, 15) is 4.57 Å². The Morgan fingerprint density at radius 2 is 2.00 bits per heavy atom. The minimum Gasteiger partial charge on any atom is -0.446 e. The first kappa shape index (κ1) is 14.8. The number of thiazole rings is 1. The molecule has 3 rings (SSSR count). The van der Waals surface area contributed by atoms with Crippen LogP contribution in [0.2, 0.25) is 0 Å². The lowest BCUT2D eigenvalue weighted by Crippen LogP contribution is -2.04. The summed E-state index contributed by atoms with van der Waals surface area (Å²) in [6, 6.07) is 2.85. The molecule has 1 aliphatic rings. The highest BCUT2D eigenvalue weighted by Crippen LogP contribution is 2.43. The molecular weight excluding hydrogens is 311 g/mol. The van der Waals surface area contributed by atoms with Gasteiger partial charge in [-0.3, -0.25) is 4.57 Å². The van der Waals surface area contributed by atoms with Gasteiger partial charge in [-0.1, -0.05) is 19.3 Å². The Balaban J connectivity index is 1.98. The molecule has 0 spiro atoms. The van der Waals surface area contributed by atoms with E-state index in [4.69, 9.17) is 19.9 Å². The molecule has 2 aromatic heterocycles. The molecule has 0 bridgehead atoms. The van der Waals surface area contributed by atoms with Gasteiger partial charge in [-0.2, -0.15) is 0 Å². The number of aromatic nitrogens is 1. The lowest BCUT2D eigenvalue weighted by atomic mass is 9.87. The summed E-state index contributed by atoms with van der Waals surface area (Å²) >= 11 is 1.45. The fraction of sp³-hybridized carbons (Fsp3) is 0.462. The fourth-order valence-electron chi connectivity index (χ4n) is 2.78. The minimum atomic E-state index is -4.38. The Morgan fingerprint density at radius 3 is 2.62 bits per heavy atom. The first-order valence-electron chi connectivity index (χ1n) is 6.87. The van der Waals surface area contributed by atoms with Crippen molar-refractivity contribution in [3.05, 3.63) is 17.0 Å². The van der Waals surface area contributed by atoms with Crippen LogP contribution in [0.4, 0.5) is 5.13 Å². The SMILES string of the molecule is Nc1nc(-c2ccc(P(=O)(O)O)o2)c(C2CCCCC2)s1. The molecule has 0 aromatic carbocycles. The van der Waals surface area contributed by atoms with Gasteiger partial charge in [-0.05, 0) is 30.9 Å². The Kier molecular flexibility index (Phi) is 3.92. The number of nitrogens with zero attached hydrogens (tertiary/aromatic N) is 1. The Bertz CT molecular complexity index is 684. The summed E-state index contributed by atoms with van der Waals surface area (Å²) in [6.45, 7) is 0. The molecule has 21 heavy (non-hydrogen) atoms. The Labute approximate surface area is 126 Å². The average Bonchev–Trinajstić information content (AvgIpc) is 3.05. The maximum atomic E-state index is 11.2. The van der Waals surface area contributed by atoms with Crippen molar-refractivity contribution in [1.29, 1.82) is 0 Å². The van der Waals surface area contributed by atoms with Crippen LogP contribution in [0.25, 0.3) is 11.5 Å². The third kappa shape index (κ3) is 3.06. The van der Waals surface area contributed by atoms with E-state index < -0.39 is 7.60 Å². The van der Waals surface area contributed by atoms with Crippen LogP contribution in [-0.2, 0) is 4.57 Å². The molecule has 0 aliphatic heterocycles. The summed E-state index contributed by atoms with van der Waals surface area (Å²) in [5.74, 6) is 0.786. The fourth-order valence-corrected chi connectivity index (χ4v) is 4.27. The zero-order chi connectivity index (χ0) is 15.0. The van der Waals surface area contributed by atoms with Gasteiger partial charge in [0.25, 0.3) is 0 Å². The van der Waals surface area contributed by atoms with Gasteiger partial charge in [-0.15, -0.1) is 11.3 Å². The Hall–Kier alpha value is -1.14. The lowest BCUT2D eigenvalue weighted by Gasteiger charge is -2.20. The van der Waals surface area contributed by atoms with E-state index in [1.165, 1.54) is 36.7 Å². The first-order valence-corrected chi connectivity index (χ1v) is 9.30. The summed E-state index contributed by atoms with van der Waals surface area (Å²) in [5, 5.41) is 0.458. The van der Waals surface area contributed by atoms with E-state index in [-0.39, 0.29) is 5.50 Å². The van der Waals surface area contributed by atoms with Gasteiger partial charge in [-0.25, -0.2) is 4.98 Å². The highest BCUT2D eigenvalue weighted by atomic mass is 32.1. The molecule has 1 aliphatic carbocycles. The van der Waals surface area contributed by atoms with Crippen LogP contribution in [-0.4, -0.2) is 14.8 Å². The van der Waals surface area contributed by atoms with Crippen molar-refractivity contribution in [1.82, 2.24) is 4.98 Å². The first-order chi connectivity index (χ1) is 9.95. The summed E-state index contributed by atoms with van der Waals surface area (Å²) < 4.78 is 16.5. The predicted molar refractivity (Wildman–Crippen MR) is 81.7 cm³/mol. The predicted octanol–water partition coefficient (Wildman–Crippen LogP) is 2.84. The van der Waals surface area contributed by atoms with Crippen LogP contribution in [0.15, 0.2) is 16.5 Å². The molecule has 2 aromatic rings. The maximum Gasteiger partial charge on any atom is 0.391 e. The van der Waals surface area contributed by atoms with Crippen molar-refractivity contribution in [2.45, 2.75) is 38.0 Å². The highest BCUT2D eigenvalue weighted by Gasteiger charge is 2.27. The van der Waals surface area contributed by atoms with Gasteiger partial charge in [0.1, 0.15) is 5.69 Å². The van der Waals surface area contributed by atoms with Crippen molar-refractivity contribution >= 4 is 29.6 Å². The van der Waals surface area contributed by atoms with Gasteiger partial charge in [0.05, 0.1) is 0 Å². The molecule has 4 N–H and O–H groups in total. The van der Waals surface area contributed by atoms with Crippen LogP contribution in [0.5, 0.6) is 0 Å². The van der Waals surface area contributed by atoms with Crippen LogP contribution in [0.1, 0.15) is 42.9 Å². The number of hydrogen-bond acceptors (Lipinski definition) is 5. The van der Waals surface area contributed by atoms with Crippen molar-refractivity contribution < 1.29 is 18.8 Å². The summed E-state index contributed by atoms with van der Waals surface area (Å²) in [7, 11) is -4.38. The van der Waals surface area contributed by atoms with Crippen LogP contribution in [0.3, 0.4) is 0 Å². The Morgan fingerprint density at radius 1 is 1.29 bits per heavy atom. The largest absolute Gasteiger partial charge is 0.446 e. The number of rotatable bonds is 3. The number of hydrogen-bond donors (Lipinski definition) is 3. The van der Waals surface area contributed by atoms with E-state index >= 15 is 0 Å². The lowest BCUT2D eigenvalue weighted by molar-refractivity contribution is 0.377. The molecule has 1 saturated carbocycles. The van der Waals surface area contributed by atoms with Crippen LogP contribution >= 0.6 is 18.9 Å². The van der Waals surface area contributed by atoms with E-state index in [1.807, 2.05) is 0 Å². The molecule has 2 heterocycles. The van der Waals surface area contributed by atoms with Gasteiger partial charge in [0, 0.05) is 4.88 Å². The van der Waals surface area contributed by atoms with E-state index in [0.717, 1.165) is 17.7 Å². The smallest absolute Gasteiger partial charge is 0.391 e. The molecule has 8 heteroatoms. The average molecular weight is 328 g/mol. The second kappa shape index (κ2) is 5.57. The number of nitrogen functional groups attached to an aromatic ring is 1. The number of anilines is 1. The third-order valence-electron chi connectivity index (χ3n) is 3.76. The molecule has 0 radical (unpaired) electrons. The molecular formula is C13H17N2O4PS. The topological polar surface area (TPSA) is 110 Å². The van der Waals surface area contributed by atoms with Crippen molar-refractivity contribution in [3.63, 3.8) is 0 Å². The molecule has 0 saturated heterocycles. The minimum absolute atomic E-state index is 0.335.